The van der Waals surface area contributed by atoms with Crippen LogP contribution >= 0.6 is 0 Å². The number of carbonyl (C=O) groups excluding carboxylic acids is 3. The third-order valence-electron chi connectivity index (χ3n) is 7.40. The van der Waals surface area contributed by atoms with Crippen LogP contribution in [0.1, 0.15) is 78.4 Å². The maximum Gasteiger partial charge on any atom is 0.261 e. The highest BCUT2D eigenvalue weighted by atomic mass is 16.2. The fourth-order valence-corrected chi connectivity index (χ4v) is 5.72. The Kier molecular flexibility index (Phi) is 5.38. The summed E-state index contributed by atoms with van der Waals surface area (Å²) in [6, 6.07) is 6.99. The quantitative estimate of drug-likeness (QED) is 0.672. The Labute approximate surface area is 194 Å². The molecule has 7 nitrogen and oxygen atoms in total. The lowest BCUT2D eigenvalue weighted by molar-refractivity contribution is -0.139. The van der Waals surface area contributed by atoms with Gasteiger partial charge in [0.1, 0.15) is 0 Å². The Morgan fingerprint density at radius 2 is 1.73 bits per heavy atom. The van der Waals surface area contributed by atoms with Crippen molar-refractivity contribution in [1.29, 1.82) is 0 Å². The summed E-state index contributed by atoms with van der Waals surface area (Å²) in [6.45, 7) is 8.02. The van der Waals surface area contributed by atoms with Crippen LogP contribution in [0.2, 0.25) is 0 Å². The molecule has 174 valence electrons. The van der Waals surface area contributed by atoms with Crippen LogP contribution in [0.5, 0.6) is 0 Å². The summed E-state index contributed by atoms with van der Waals surface area (Å²) in [7, 11) is 0. The Morgan fingerprint density at radius 3 is 2.39 bits per heavy atom. The summed E-state index contributed by atoms with van der Waals surface area (Å²) in [5.41, 5.74) is 3.21. The van der Waals surface area contributed by atoms with E-state index in [4.69, 9.17) is 0 Å². The first-order valence-corrected chi connectivity index (χ1v) is 12.1. The lowest BCUT2D eigenvalue weighted by atomic mass is 9.77. The highest BCUT2D eigenvalue weighted by molar-refractivity contribution is 6.21. The number of hydrogen-bond acceptors (Lipinski definition) is 4. The molecule has 0 spiro atoms. The van der Waals surface area contributed by atoms with Crippen molar-refractivity contribution in [2.24, 2.45) is 11.8 Å². The van der Waals surface area contributed by atoms with Crippen LogP contribution < -0.4 is 0 Å². The number of carbonyl (C=O) groups is 3. The molecule has 7 heteroatoms. The van der Waals surface area contributed by atoms with Gasteiger partial charge in [0.2, 0.25) is 5.91 Å². The summed E-state index contributed by atoms with van der Waals surface area (Å²) in [5.74, 6) is -0.450. The summed E-state index contributed by atoms with van der Waals surface area (Å²) in [4.78, 5) is 42.7. The van der Waals surface area contributed by atoms with Crippen molar-refractivity contribution in [3.05, 3.63) is 52.8 Å². The van der Waals surface area contributed by atoms with Gasteiger partial charge in [0, 0.05) is 43.2 Å². The number of imide groups is 1. The third-order valence-corrected chi connectivity index (χ3v) is 7.40. The topological polar surface area (TPSA) is 75.5 Å². The molecule has 1 saturated carbocycles. The van der Waals surface area contributed by atoms with Gasteiger partial charge in [-0.2, -0.15) is 5.10 Å². The van der Waals surface area contributed by atoms with Gasteiger partial charge in [-0.05, 0) is 51.7 Å². The molecule has 1 fully saturated rings. The van der Waals surface area contributed by atoms with Gasteiger partial charge in [-0.3, -0.25) is 24.0 Å². The largest absolute Gasteiger partial charge is 0.338 e. The highest BCUT2D eigenvalue weighted by Crippen LogP contribution is 2.35. The SMILES string of the molecule is CC(C)(C)n1ncc2c1CCN(C(=O)C1CCCCC1CN1C(=O)c3ccccc3C1=O)C2. The van der Waals surface area contributed by atoms with Crippen molar-refractivity contribution in [2.75, 3.05) is 13.1 Å². The minimum Gasteiger partial charge on any atom is -0.338 e. The third kappa shape index (κ3) is 3.77. The van der Waals surface area contributed by atoms with Crippen LogP contribution in [0.4, 0.5) is 0 Å². The zero-order chi connectivity index (χ0) is 23.3. The zero-order valence-corrected chi connectivity index (χ0v) is 19.7. The molecule has 1 aliphatic carbocycles. The van der Waals surface area contributed by atoms with Gasteiger partial charge < -0.3 is 4.90 Å². The van der Waals surface area contributed by atoms with E-state index in [1.54, 1.807) is 24.3 Å². The molecular weight excluding hydrogens is 416 g/mol. The average molecular weight is 449 g/mol. The van der Waals surface area contributed by atoms with E-state index in [0.717, 1.165) is 37.7 Å². The zero-order valence-electron chi connectivity index (χ0n) is 19.7. The number of amides is 3. The fourth-order valence-electron chi connectivity index (χ4n) is 5.72. The second-order valence-electron chi connectivity index (χ2n) is 10.6. The summed E-state index contributed by atoms with van der Waals surface area (Å²) >= 11 is 0. The standard InChI is InChI=1S/C26H32N4O3/c1-26(2,3)30-22-12-13-28(15-18(22)14-27-30)23(31)19-9-5-4-8-17(19)16-29-24(32)20-10-6-7-11-21(20)25(29)33/h6-7,10-11,14,17,19H,4-5,8-9,12-13,15-16H2,1-3H3. The Hall–Kier alpha value is -2.96. The van der Waals surface area contributed by atoms with Crippen LogP contribution in [0.3, 0.4) is 0 Å². The molecule has 0 radical (unpaired) electrons. The molecule has 0 N–H and O–H groups in total. The molecule has 0 saturated heterocycles. The molecule has 3 heterocycles. The molecule has 1 aromatic carbocycles. The van der Waals surface area contributed by atoms with Crippen LogP contribution in [0, 0.1) is 11.8 Å². The van der Waals surface area contributed by atoms with Crippen molar-refractivity contribution in [1.82, 2.24) is 19.6 Å². The minimum absolute atomic E-state index is 0.00663. The maximum atomic E-state index is 13.6. The summed E-state index contributed by atoms with van der Waals surface area (Å²) in [6.07, 6.45) is 6.42. The van der Waals surface area contributed by atoms with Gasteiger partial charge in [0.05, 0.1) is 22.9 Å². The van der Waals surface area contributed by atoms with Gasteiger partial charge in [0.15, 0.2) is 0 Å². The Balaban J connectivity index is 1.31. The van der Waals surface area contributed by atoms with E-state index in [-0.39, 0.29) is 35.1 Å². The second kappa shape index (κ2) is 8.12. The Bertz CT molecular complexity index is 1080. The predicted octanol–water partition coefficient (Wildman–Crippen LogP) is 3.63. The van der Waals surface area contributed by atoms with Gasteiger partial charge in [0.25, 0.3) is 11.8 Å². The molecule has 5 rings (SSSR count). The van der Waals surface area contributed by atoms with Gasteiger partial charge in [-0.1, -0.05) is 25.0 Å². The molecular formula is C26H32N4O3. The van der Waals surface area contributed by atoms with Gasteiger partial charge in [-0.25, -0.2) is 0 Å². The number of benzene rings is 1. The fraction of sp³-hybridized carbons (Fsp3) is 0.538. The monoisotopic (exact) mass is 448 g/mol. The maximum absolute atomic E-state index is 13.6. The number of rotatable bonds is 3. The van der Waals surface area contributed by atoms with Crippen molar-refractivity contribution >= 4 is 17.7 Å². The van der Waals surface area contributed by atoms with Crippen molar-refractivity contribution in [2.45, 2.75) is 65.0 Å². The second-order valence-corrected chi connectivity index (χ2v) is 10.6. The summed E-state index contributed by atoms with van der Waals surface area (Å²) < 4.78 is 2.08. The number of fused-ring (bicyclic) bond motifs is 2. The lowest BCUT2D eigenvalue weighted by Gasteiger charge is -2.37. The molecule has 2 aliphatic heterocycles. The molecule has 0 bridgehead atoms. The highest BCUT2D eigenvalue weighted by Gasteiger charge is 2.41. The van der Waals surface area contributed by atoms with Gasteiger partial charge in [-0.15, -0.1) is 0 Å². The molecule has 1 aromatic heterocycles. The Morgan fingerprint density at radius 1 is 1.06 bits per heavy atom. The van der Waals surface area contributed by atoms with Crippen LogP contribution in [-0.2, 0) is 23.3 Å². The molecule has 2 atom stereocenters. The van der Waals surface area contributed by atoms with E-state index in [2.05, 4.69) is 30.6 Å². The first-order chi connectivity index (χ1) is 15.8. The van der Waals surface area contributed by atoms with E-state index in [9.17, 15) is 14.4 Å². The van der Waals surface area contributed by atoms with Crippen LogP contribution in [-0.4, -0.2) is 50.4 Å². The van der Waals surface area contributed by atoms with E-state index < -0.39 is 0 Å². The van der Waals surface area contributed by atoms with Crippen LogP contribution in [0.25, 0.3) is 0 Å². The van der Waals surface area contributed by atoms with E-state index in [1.807, 2.05) is 11.1 Å². The van der Waals surface area contributed by atoms with Crippen LogP contribution in [0.15, 0.2) is 30.5 Å². The van der Waals surface area contributed by atoms with E-state index in [1.165, 1.54) is 10.6 Å². The average Bonchev–Trinajstić information content (AvgIpc) is 3.34. The summed E-state index contributed by atoms with van der Waals surface area (Å²) in [5, 5.41) is 4.59. The van der Waals surface area contributed by atoms with Gasteiger partial charge >= 0.3 is 0 Å². The number of aromatic nitrogens is 2. The molecule has 3 aliphatic rings. The van der Waals surface area contributed by atoms with Crippen molar-refractivity contribution < 1.29 is 14.4 Å². The molecule has 3 amide bonds. The molecule has 2 unspecified atom stereocenters. The lowest BCUT2D eigenvalue weighted by Crippen LogP contribution is -2.46. The molecule has 2 aromatic rings. The van der Waals surface area contributed by atoms with E-state index in [0.29, 0.717) is 30.8 Å². The first kappa shape index (κ1) is 21.9. The molecule has 33 heavy (non-hydrogen) atoms. The predicted molar refractivity (Wildman–Crippen MR) is 124 cm³/mol. The normalized spacial score (nSPS) is 23.0. The number of hydrogen-bond donors (Lipinski definition) is 0. The number of nitrogens with zero attached hydrogens (tertiary/aromatic N) is 4. The van der Waals surface area contributed by atoms with E-state index >= 15 is 0 Å². The van der Waals surface area contributed by atoms with Crippen molar-refractivity contribution in [3.8, 4) is 0 Å². The van der Waals surface area contributed by atoms with Crippen molar-refractivity contribution in [3.63, 3.8) is 0 Å². The minimum atomic E-state index is -0.232. The smallest absolute Gasteiger partial charge is 0.261 e. The first-order valence-electron chi connectivity index (χ1n) is 12.1.